The number of benzene rings is 1. The number of aliphatic hydroxyl groups is 1. The molecular weight excluding hydrogens is 352 g/mol. The van der Waals surface area contributed by atoms with Crippen LogP contribution in [0.4, 0.5) is 0 Å². The Morgan fingerprint density at radius 1 is 1.27 bits per heavy atom. The summed E-state index contributed by atoms with van der Waals surface area (Å²) in [4.78, 5) is 15.9. The van der Waals surface area contributed by atoms with Gasteiger partial charge in [0.15, 0.2) is 5.16 Å². The van der Waals surface area contributed by atoms with Gasteiger partial charge in [-0.1, -0.05) is 41.6 Å². The number of methoxy groups -OCH3 is 1. The van der Waals surface area contributed by atoms with E-state index in [1.807, 2.05) is 10.8 Å². The first-order chi connectivity index (χ1) is 12.6. The zero-order chi connectivity index (χ0) is 18.5. The Balaban J connectivity index is 1.72. The van der Waals surface area contributed by atoms with Crippen molar-refractivity contribution in [2.75, 3.05) is 7.11 Å². The van der Waals surface area contributed by atoms with Gasteiger partial charge >= 0.3 is 5.97 Å². The van der Waals surface area contributed by atoms with E-state index in [1.165, 1.54) is 24.4 Å². The molecule has 0 atom stereocenters. The van der Waals surface area contributed by atoms with Crippen molar-refractivity contribution in [2.24, 2.45) is 0 Å². The number of imidazole rings is 1. The van der Waals surface area contributed by atoms with Gasteiger partial charge in [0.05, 0.1) is 25.2 Å². The third kappa shape index (κ3) is 4.36. The predicted octanol–water partition coefficient (Wildman–Crippen LogP) is 3.40. The van der Waals surface area contributed by atoms with Crippen LogP contribution in [0.2, 0.25) is 0 Å². The lowest BCUT2D eigenvalue weighted by Gasteiger charge is -2.07. The second-order valence-electron chi connectivity index (χ2n) is 5.83. The first-order valence-electron chi connectivity index (χ1n) is 8.11. The van der Waals surface area contributed by atoms with Crippen LogP contribution >= 0.6 is 11.8 Å². The van der Waals surface area contributed by atoms with Gasteiger partial charge in [-0.3, -0.25) is 0 Å². The third-order valence-electron chi connectivity index (χ3n) is 3.82. The third-order valence-corrected chi connectivity index (χ3v) is 4.83. The largest absolute Gasteiger partial charge is 0.463 e. The summed E-state index contributed by atoms with van der Waals surface area (Å²) in [5, 5.41) is 10.2. The summed E-state index contributed by atoms with van der Waals surface area (Å²) in [7, 11) is 1.32. The van der Waals surface area contributed by atoms with Crippen LogP contribution in [0, 0.1) is 6.92 Å². The van der Waals surface area contributed by atoms with Gasteiger partial charge in [-0.2, -0.15) is 0 Å². The molecule has 136 valence electrons. The minimum absolute atomic E-state index is 0.109. The Labute approximate surface area is 155 Å². The molecule has 0 amide bonds. The monoisotopic (exact) mass is 372 g/mol. The molecule has 6 nitrogen and oxygen atoms in total. The molecule has 2 heterocycles. The smallest absolute Gasteiger partial charge is 0.373 e. The fourth-order valence-electron chi connectivity index (χ4n) is 2.45. The standard InChI is InChI=1S/C19H20N2O4S/c1-13-3-5-14(6-4-13)9-21-10-15(11-22)20-19(21)26-12-16-7-8-17(25-16)18(23)24-2/h3-8,10,22H,9,11-12H2,1-2H3. The SMILES string of the molecule is COC(=O)c1ccc(CSc2nc(CO)cn2Cc2ccc(C)cc2)o1. The molecule has 3 aromatic rings. The first-order valence-corrected chi connectivity index (χ1v) is 9.10. The van der Waals surface area contributed by atoms with E-state index in [2.05, 4.69) is 40.9 Å². The van der Waals surface area contributed by atoms with Gasteiger partial charge in [0.2, 0.25) is 5.76 Å². The Bertz CT molecular complexity index is 883. The zero-order valence-electron chi connectivity index (χ0n) is 14.6. The van der Waals surface area contributed by atoms with Gasteiger partial charge in [-0.05, 0) is 24.6 Å². The number of ether oxygens (including phenoxy) is 1. The summed E-state index contributed by atoms with van der Waals surface area (Å²) < 4.78 is 12.1. The van der Waals surface area contributed by atoms with Gasteiger partial charge in [0.1, 0.15) is 5.76 Å². The van der Waals surface area contributed by atoms with E-state index in [0.717, 1.165) is 10.7 Å². The molecule has 0 radical (unpaired) electrons. The van der Waals surface area contributed by atoms with Gasteiger partial charge in [-0.25, -0.2) is 9.78 Å². The van der Waals surface area contributed by atoms with Gasteiger partial charge in [0, 0.05) is 12.7 Å². The minimum atomic E-state index is -0.496. The quantitative estimate of drug-likeness (QED) is 0.506. The average molecular weight is 372 g/mol. The number of thioether (sulfide) groups is 1. The van der Waals surface area contributed by atoms with E-state index < -0.39 is 5.97 Å². The van der Waals surface area contributed by atoms with Crippen LogP contribution in [0.25, 0.3) is 0 Å². The van der Waals surface area contributed by atoms with Gasteiger partial charge in [0.25, 0.3) is 0 Å². The average Bonchev–Trinajstić information content (AvgIpc) is 3.28. The Hall–Kier alpha value is -2.51. The van der Waals surface area contributed by atoms with Crippen LogP contribution in [-0.4, -0.2) is 27.7 Å². The molecule has 3 rings (SSSR count). The summed E-state index contributed by atoms with van der Waals surface area (Å²) in [6.07, 6.45) is 1.85. The van der Waals surface area contributed by atoms with E-state index in [1.54, 1.807) is 12.1 Å². The van der Waals surface area contributed by atoms with Crippen molar-refractivity contribution in [1.82, 2.24) is 9.55 Å². The number of furan rings is 1. The van der Waals surface area contributed by atoms with Crippen LogP contribution in [0.1, 0.15) is 33.1 Å². The summed E-state index contributed by atoms with van der Waals surface area (Å²) in [5.74, 6) is 0.866. The molecule has 0 fully saturated rings. The Morgan fingerprint density at radius 3 is 2.73 bits per heavy atom. The lowest BCUT2D eigenvalue weighted by atomic mass is 10.1. The molecule has 2 aromatic heterocycles. The molecule has 0 unspecified atom stereocenters. The van der Waals surface area contributed by atoms with Crippen molar-refractivity contribution in [1.29, 1.82) is 0 Å². The topological polar surface area (TPSA) is 77.5 Å². The molecule has 1 N–H and O–H groups in total. The maximum absolute atomic E-state index is 11.5. The van der Waals surface area contributed by atoms with E-state index in [9.17, 15) is 9.90 Å². The number of rotatable bonds is 7. The van der Waals surface area contributed by atoms with Crippen LogP contribution in [0.5, 0.6) is 0 Å². The fraction of sp³-hybridized carbons (Fsp3) is 0.263. The van der Waals surface area contributed by atoms with Crippen molar-refractivity contribution in [2.45, 2.75) is 31.0 Å². The van der Waals surface area contributed by atoms with Crippen molar-refractivity contribution >= 4 is 17.7 Å². The molecule has 1 aromatic carbocycles. The molecule has 0 saturated heterocycles. The Morgan fingerprint density at radius 2 is 2.04 bits per heavy atom. The number of esters is 1. The number of nitrogens with zero attached hydrogens (tertiary/aromatic N) is 2. The number of aromatic nitrogens is 2. The van der Waals surface area contributed by atoms with E-state index in [0.29, 0.717) is 23.8 Å². The van der Waals surface area contributed by atoms with Gasteiger partial charge < -0.3 is 18.8 Å². The molecule has 0 bridgehead atoms. The second kappa shape index (κ2) is 8.25. The number of aryl methyl sites for hydroxylation is 1. The van der Waals surface area contributed by atoms with Gasteiger partial charge in [-0.15, -0.1) is 0 Å². The minimum Gasteiger partial charge on any atom is -0.463 e. The summed E-state index contributed by atoms with van der Waals surface area (Å²) >= 11 is 1.49. The zero-order valence-corrected chi connectivity index (χ0v) is 15.5. The Kier molecular flexibility index (Phi) is 5.80. The number of carbonyl (C=O) groups is 1. The number of hydrogen-bond acceptors (Lipinski definition) is 6. The number of carbonyl (C=O) groups excluding carboxylic acids is 1. The highest BCUT2D eigenvalue weighted by Crippen LogP contribution is 2.25. The summed E-state index contributed by atoms with van der Waals surface area (Å²) in [5.41, 5.74) is 2.99. The maximum atomic E-state index is 11.5. The molecule has 0 aliphatic heterocycles. The number of hydrogen-bond donors (Lipinski definition) is 1. The fourth-order valence-corrected chi connectivity index (χ4v) is 3.34. The highest BCUT2D eigenvalue weighted by atomic mass is 32.2. The van der Waals surface area contributed by atoms with Crippen molar-refractivity contribution in [3.8, 4) is 0 Å². The van der Waals surface area contributed by atoms with Crippen LogP contribution < -0.4 is 0 Å². The molecule has 0 saturated carbocycles. The van der Waals surface area contributed by atoms with Crippen LogP contribution in [-0.2, 0) is 23.6 Å². The van der Waals surface area contributed by atoms with Crippen LogP contribution in [0.15, 0.2) is 52.2 Å². The lowest BCUT2D eigenvalue weighted by molar-refractivity contribution is 0.0563. The highest BCUT2D eigenvalue weighted by Gasteiger charge is 2.13. The maximum Gasteiger partial charge on any atom is 0.373 e. The van der Waals surface area contributed by atoms with Crippen molar-refractivity contribution in [3.05, 3.63) is 70.9 Å². The molecule has 26 heavy (non-hydrogen) atoms. The molecule has 0 aliphatic rings. The predicted molar refractivity (Wildman–Crippen MR) is 98.0 cm³/mol. The summed E-state index contributed by atoms with van der Waals surface area (Å²) in [6.45, 7) is 2.61. The van der Waals surface area contributed by atoms with Crippen LogP contribution in [0.3, 0.4) is 0 Å². The van der Waals surface area contributed by atoms with E-state index >= 15 is 0 Å². The summed E-state index contributed by atoms with van der Waals surface area (Å²) in [6, 6.07) is 11.7. The highest BCUT2D eigenvalue weighted by molar-refractivity contribution is 7.98. The van der Waals surface area contributed by atoms with E-state index in [-0.39, 0.29) is 12.4 Å². The second-order valence-corrected chi connectivity index (χ2v) is 6.78. The van der Waals surface area contributed by atoms with Crippen molar-refractivity contribution < 1.29 is 19.1 Å². The van der Waals surface area contributed by atoms with Crippen molar-refractivity contribution in [3.63, 3.8) is 0 Å². The lowest BCUT2D eigenvalue weighted by Crippen LogP contribution is -2.00. The van der Waals surface area contributed by atoms with E-state index in [4.69, 9.17) is 4.42 Å². The molecule has 7 heteroatoms. The normalized spacial score (nSPS) is 10.9. The number of aliphatic hydroxyl groups excluding tert-OH is 1. The molecule has 0 aliphatic carbocycles. The molecule has 0 spiro atoms. The molecular formula is C19H20N2O4S. The first kappa shape index (κ1) is 18.3.